The lowest BCUT2D eigenvalue weighted by atomic mass is 10.1. The Morgan fingerprint density at radius 1 is 1.41 bits per heavy atom. The van der Waals surface area contributed by atoms with Crippen molar-refractivity contribution in [1.29, 1.82) is 0 Å². The van der Waals surface area contributed by atoms with Crippen molar-refractivity contribution in [1.82, 2.24) is 5.32 Å². The number of aliphatic hydroxyl groups is 1. The SMILES string of the molecule is CNC(CSCCCO)c1ccccc1OC. The van der Waals surface area contributed by atoms with Gasteiger partial charge in [-0.05, 0) is 25.3 Å². The van der Waals surface area contributed by atoms with Gasteiger partial charge in [-0.2, -0.15) is 11.8 Å². The molecule has 17 heavy (non-hydrogen) atoms. The molecule has 1 unspecified atom stereocenters. The number of thioether (sulfide) groups is 1. The smallest absolute Gasteiger partial charge is 0.123 e. The van der Waals surface area contributed by atoms with Crippen LogP contribution in [0.15, 0.2) is 24.3 Å². The minimum absolute atomic E-state index is 0.270. The van der Waals surface area contributed by atoms with Gasteiger partial charge >= 0.3 is 0 Å². The minimum atomic E-state index is 0.270. The Kier molecular flexibility index (Phi) is 7.08. The van der Waals surface area contributed by atoms with Gasteiger partial charge in [0, 0.05) is 24.0 Å². The van der Waals surface area contributed by atoms with E-state index >= 15 is 0 Å². The average molecular weight is 255 g/mol. The Morgan fingerprint density at radius 3 is 2.82 bits per heavy atom. The van der Waals surface area contributed by atoms with Crippen LogP contribution in [-0.4, -0.2) is 37.4 Å². The van der Waals surface area contributed by atoms with E-state index in [0.717, 1.165) is 23.7 Å². The molecule has 0 bridgehead atoms. The first-order valence-corrected chi connectivity index (χ1v) is 6.97. The molecule has 0 aliphatic rings. The maximum Gasteiger partial charge on any atom is 0.123 e. The Bertz CT molecular complexity index is 320. The average Bonchev–Trinajstić information content (AvgIpc) is 2.39. The highest BCUT2D eigenvalue weighted by Crippen LogP contribution is 2.27. The Hall–Kier alpha value is -0.710. The topological polar surface area (TPSA) is 41.5 Å². The molecule has 96 valence electrons. The van der Waals surface area contributed by atoms with Gasteiger partial charge in [0.2, 0.25) is 0 Å². The molecule has 0 fully saturated rings. The van der Waals surface area contributed by atoms with Crippen LogP contribution in [-0.2, 0) is 0 Å². The quantitative estimate of drug-likeness (QED) is 0.698. The van der Waals surface area contributed by atoms with E-state index in [4.69, 9.17) is 9.84 Å². The van der Waals surface area contributed by atoms with Crippen molar-refractivity contribution < 1.29 is 9.84 Å². The predicted molar refractivity (Wildman–Crippen MR) is 73.8 cm³/mol. The molecular formula is C13H21NO2S. The van der Waals surface area contributed by atoms with E-state index in [0.29, 0.717) is 0 Å². The van der Waals surface area contributed by atoms with Gasteiger partial charge in [0.1, 0.15) is 5.75 Å². The summed E-state index contributed by atoms with van der Waals surface area (Å²) in [5, 5.41) is 12.0. The number of hydrogen-bond donors (Lipinski definition) is 2. The summed E-state index contributed by atoms with van der Waals surface area (Å²) in [6, 6.07) is 8.37. The molecule has 0 saturated carbocycles. The van der Waals surface area contributed by atoms with Crippen LogP contribution in [0.5, 0.6) is 5.75 Å². The molecular weight excluding hydrogens is 234 g/mol. The number of methoxy groups -OCH3 is 1. The molecule has 1 aromatic carbocycles. The zero-order chi connectivity index (χ0) is 12.5. The van der Waals surface area contributed by atoms with Gasteiger partial charge in [-0.25, -0.2) is 0 Å². The predicted octanol–water partition coefficient (Wildman–Crippen LogP) is 2.07. The summed E-state index contributed by atoms with van der Waals surface area (Å²) >= 11 is 1.85. The summed E-state index contributed by atoms with van der Waals surface area (Å²) in [6.45, 7) is 0.270. The van der Waals surface area contributed by atoms with Crippen LogP contribution in [0.2, 0.25) is 0 Å². The molecule has 0 amide bonds. The maximum absolute atomic E-state index is 8.74. The fraction of sp³-hybridized carbons (Fsp3) is 0.538. The van der Waals surface area contributed by atoms with Crippen LogP contribution in [0.3, 0.4) is 0 Å². The van der Waals surface area contributed by atoms with Gasteiger partial charge in [-0.15, -0.1) is 0 Å². The van der Waals surface area contributed by atoms with E-state index in [9.17, 15) is 0 Å². The normalized spacial score (nSPS) is 12.4. The van der Waals surface area contributed by atoms with Gasteiger partial charge < -0.3 is 15.2 Å². The fourth-order valence-corrected chi connectivity index (χ4v) is 2.73. The summed E-state index contributed by atoms with van der Waals surface area (Å²) in [4.78, 5) is 0. The lowest BCUT2D eigenvalue weighted by Gasteiger charge is -2.18. The Morgan fingerprint density at radius 2 is 2.18 bits per heavy atom. The summed E-state index contributed by atoms with van der Waals surface area (Å²) in [6.07, 6.45) is 0.854. The largest absolute Gasteiger partial charge is 0.496 e. The van der Waals surface area contributed by atoms with Crippen molar-refractivity contribution in [3.8, 4) is 5.75 Å². The van der Waals surface area contributed by atoms with Crippen molar-refractivity contribution in [3.05, 3.63) is 29.8 Å². The molecule has 0 saturated heterocycles. The molecule has 1 rings (SSSR count). The number of ether oxygens (including phenoxy) is 1. The number of benzene rings is 1. The van der Waals surface area contributed by atoms with E-state index in [2.05, 4.69) is 11.4 Å². The molecule has 2 N–H and O–H groups in total. The highest BCUT2D eigenvalue weighted by Gasteiger charge is 2.13. The van der Waals surface area contributed by atoms with Crippen LogP contribution in [0, 0.1) is 0 Å². The molecule has 0 spiro atoms. The third-order valence-electron chi connectivity index (χ3n) is 2.59. The number of para-hydroxylation sites is 1. The third kappa shape index (κ3) is 4.58. The number of nitrogens with one attached hydrogen (secondary N) is 1. The molecule has 0 aliphatic heterocycles. The Labute approximate surface area is 108 Å². The summed E-state index contributed by atoms with van der Waals surface area (Å²) in [5.41, 5.74) is 1.19. The summed E-state index contributed by atoms with van der Waals surface area (Å²) in [7, 11) is 3.66. The van der Waals surface area contributed by atoms with Crippen molar-refractivity contribution in [2.24, 2.45) is 0 Å². The van der Waals surface area contributed by atoms with E-state index in [1.807, 2.05) is 37.0 Å². The fourth-order valence-electron chi connectivity index (χ4n) is 1.65. The monoisotopic (exact) mass is 255 g/mol. The molecule has 0 radical (unpaired) electrons. The highest BCUT2D eigenvalue weighted by molar-refractivity contribution is 7.99. The molecule has 0 aliphatic carbocycles. The van der Waals surface area contributed by atoms with E-state index < -0.39 is 0 Å². The lowest BCUT2D eigenvalue weighted by Crippen LogP contribution is -2.19. The molecule has 1 atom stereocenters. The first-order chi connectivity index (χ1) is 8.33. The van der Waals surface area contributed by atoms with Crippen molar-refractivity contribution in [2.75, 3.05) is 32.3 Å². The van der Waals surface area contributed by atoms with Gasteiger partial charge in [0.05, 0.1) is 7.11 Å². The molecule has 0 heterocycles. The maximum atomic E-state index is 8.74. The second-order valence-corrected chi connectivity index (χ2v) is 4.89. The molecule has 0 aromatic heterocycles. The molecule has 4 heteroatoms. The number of aliphatic hydroxyl groups excluding tert-OH is 1. The zero-order valence-corrected chi connectivity index (χ0v) is 11.3. The van der Waals surface area contributed by atoms with Gasteiger partial charge in [-0.1, -0.05) is 18.2 Å². The van der Waals surface area contributed by atoms with E-state index in [-0.39, 0.29) is 12.6 Å². The van der Waals surface area contributed by atoms with Crippen molar-refractivity contribution in [2.45, 2.75) is 12.5 Å². The second kappa shape index (κ2) is 8.39. The van der Waals surface area contributed by atoms with E-state index in [1.54, 1.807) is 7.11 Å². The van der Waals surface area contributed by atoms with Crippen LogP contribution < -0.4 is 10.1 Å². The summed E-state index contributed by atoms with van der Waals surface area (Å²) < 4.78 is 5.37. The van der Waals surface area contributed by atoms with Crippen LogP contribution >= 0.6 is 11.8 Å². The first-order valence-electron chi connectivity index (χ1n) is 5.82. The molecule has 1 aromatic rings. The number of hydrogen-bond acceptors (Lipinski definition) is 4. The van der Waals surface area contributed by atoms with Gasteiger partial charge in [0.15, 0.2) is 0 Å². The highest BCUT2D eigenvalue weighted by atomic mass is 32.2. The minimum Gasteiger partial charge on any atom is -0.496 e. The van der Waals surface area contributed by atoms with Gasteiger partial charge in [0.25, 0.3) is 0 Å². The zero-order valence-electron chi connectivity index (χ0n) is 10.5. The Balaban J connectivity index is 2.59. The van der Waals surface area contributed by atoms with Crippen molar-refractivity contribution in [3.63, 3.8) is 0 Å². The van der Waals surface area contributed by atoms with Crippen LogP contribution in [0.1, 0.15) is 18.0 Å². The second-order valence-electron chi connectivity index (χ2n) is 3.74. The lowest BCUT2D eigenvalue weighted by molar-refractivity contribution is 0.296. The molecule has 3 nitrogen and oxygen atoms in total. The standard InChI is InChI=1S/C13H21NO2S/c1-14-12(10-17-9-5-8-15)11-6-3-4-7-13(11)16-2/h3-4,6-7,12,14-15H,5,8-10H2,1-2H3. The van der Waals surface area contributed by atoms with E-state index in [1.165, 1.54) is 5.56 Å². The summed E-state index contributed by atoms with van der Waals surface area (Å²) in [5.74, 6) is 2.90. The third-order valence-corrected chi connectivity index (χ3v) is 3.74. The van der Waals surface area contributed by atoms with Gasteiger partial charge in [-0.3, -0.25) is 0 Å². The van der Waals surface area contributed by atoms with Crippen LogP contribution in [0.25, 0.3) is 0 Å². The van der Waals surface area contributed by atoms with Crippen molar-refractivity contribution >= 4 is 11.8 Å². The first kappa shape index (κ1) is 14.4. The number of rotatable bonds is 8. The van der Waals surface area contributed by atoms with Crippen LogP contribution in [0.4, 0.5) is 0 Å².